The van der Waals surface area contributed by atoms with Gasteiger partial charge in [-0.3, -0.25) is 0 Å². The van der Waals surface area contributed by atoms with Crippen molar-refractivity contribution in [1.29, 1.82) is 0 Å². The van der Waals surface area contributed by atoms with Gasteiger partial charge in [0.25, 0.3) is 0 Å². The fourth-order valence-corrected chi connectivity index (χ4v) is 3.76. The number of methoxy groups -OCH3 is 3. The minimum Gasteiger partial charge on any atom is -0.493 e. The lowest BCUT2D eigenvalue weighted by Gasteiger charge is -2.14. The Labute approximate surface area is 152 Å². The van der Waals surface area contributed by atoms with Gasteiger partial charge in [-0.2, -0.15) is 0 Å². The Hall–Kier alpha value is -1.43. The minimum atomic E-state index is -2.90. The van der Waals surface area contributed by atoms with E-state index in [2.05, 4.69) is 0 Å². The summed E-state index contributed by atoms with van der Waals surface area (Å²) in [5.74, 6) is 2.27. The number of hydrogen-bond donors (Lipinski definition) is 0. The smallest absolute Gasteiger partial charge is 0.203 e. The molecule has 1 aromatic carbocycles. The highest BCUT2D eigenvalue weighted by molar-refractivity contribution is 7.91. The molecule has 0 fully saturated rings. The van der Waals surface area contributed by atoms with Crippen molar-refractivity contribution in [2.75, 3.05) is 27.1 Å². The number of hydrogen-bond acceptors (Lipinski definition) is 5. The molecule has 0 saturated carbocycles. The second kappa shape index (κ2) is 10.5. The summed E-state index contributed by atoms with van der Waals surface area (Å²) < 4.78 is 39.6. The van der Waals surface area contributed by atoms with Gasteiger partial charge in [-0.05, 0) is 50.8 Å². The molecule has 0 bridgehead atoms. The molecule has 144 valence electrons. The van der Waals surface area contributed by atoms with Crippen molar-refractivity contribution in [3.63, 3.8) is 0 Å². The SMILES string of the molecule is COc1cc(CCCCCCCS(=O)(=O)C(C)C)cc(OC)c1OC. The minimum absolute atomic E-state index is 0.271. The third kappa shape index (κ3) is 6.77. The van der Waals surface area contributed by atoms with Crippen molar-refractivity contribution in [3.05, 3.63) is 17.7 Å². The van der Waals surface area contributed by atoms with Crippen LogP contribution in [-0.4, -0.2) is 40.7 Å². The van der Waals surface area contributed by atoms with E-state index in [1.165, 1.54) is 0 Å². The van der Waals surface area contributed by atoms with Crippen molar-refractivity contribution < 1.29 is 22.6 Å². The van der Waals surface area contributed by atoms with E-state index in [4.69, 9.17) is 14.2 Å². The van der Waals surface area contributed by atoms with E-state index >= 15 is 0 Å². The zero-order valence-electron chi connectivity index (χ0n) is 16.1. The van der Waals surface area contributed by atoms with Crippen molar-refractivity contribution in [2.45, 2.75) is 57.6 Å². The van der Waals surface area contributed by atoms with Gasteiger partial charge in [0.15, 0.2) is 21.3 Å². The predicted octanol–water partition coefficient (Wildman–Crippen LogP) is 4.03. The maximum Gasteiger partial charge on any atom is 0.203 e. The summed E-state index contributed by atoms with van der Waals surface area (Å²) in [6.45, 7) is 3.49. The Kier molecular flexibility index (Phi) is 9.11. The van der Waals surface area contributed by atoms with Gasteiger partial charge >= 0.3 is 0 Å². The fourth-order valence-electron chi connectivity index (χ4n) is 2.68. The average Bonchev–Trinajstić information content (AvgIpc) is 2.59. The summed E-state index contributed by atoms with van der Waals surface area (Å²) in [5, 5.41) is -0.271. The van der Waals surface area contributed by atoms with Gasteiger partial charge in [0.05, 0.1) is 32.3 Å². The van der Waals surface area contributed by atoms with E-state index in [9.17, 15) is 8.42 Å². The lowest BCUT2D eigenvalue weighted by Crippen LogP contribution is -2.17. The van der Waals surface area contributed by atoms with Crippen LogP contribution in [0.1, 0.15) is 51.5 Å². The predicted molar refractivity (Wildman–Crippen MR) is 102 cm³/mol. The highest BCUT2D eigenvalue weighted by Gasteiger charge is 2.15. The molecule has 0 atom stereocenters. The van der Waals surface area contributed by atoms with Crippen LogP contribution in [-0.2, 0) is 16.3 Å². The molecule has 0 amide bonds. The molecule has 6 heteroatoms. The lowest BCUT2D eigenvalue weighted by atomic mass is 10.0. The van der Waals surface area contributed by atoms with Crippen LogP contribution in [0.3, 0.4) is 0 Å². The monoisotopic (exact) mass is 372 g/mol. The normalized spacial score (nSPS) is 11.6. The van der Waals surface area contributed by atoms with Crippen LogP contribution in [0.15, 0.2) is 12.1 Å². The number of ether oxygens (including phenoxy) is 3. The largest absolute Gasteiger partial charge is 0.493 e. The first-order chi connectivity index (χ1) is 11.9. The molecular weight excluding hydrogens is 340 g/mol. The van der Waals surface area contributed by atoms with Crippen LogP contribution < -0.4 is 14.2 Å². The van der Waals surface area contributed by atoms with E-state index in [0.29, 0.717) is 23.0 Å². The summed E-state index contributed by atoms with van der Waals surface area (Å²) in [5.41, 5.74) is 1.15. The fraction of sp³-hybridized carbons (Fsp3) is 0.684. The molecule has 0 aromatic heterocycles. The molecule has 0 aliphatic rings. The summed E-state index contributed by atoms with van der Waals surface area (Å²) in [6, 6.07) is 3.97. The third-order valence-electron chi connectivity index (χ3n) is 4.34. The van der Waals surface area contributed by atoms with E-state index in [1.54, 1.807) is 35.2 Å². The molecule has 0 aliphatic heterocycles. The topological polar surface area (TPSA) is 61.8 Å². The zero-order valence-corrected chi connectivity index (χ0v) is 16.9. The van der Waals surface area contributed by atoms with E-state index in [1.807, 2.05) is 12.1 Å². The molecule has 0 unspecified atom stereocenters. The first-order valence-corrected chi connectivity index (χ1v) is 10.6. The van der Waals surface area contributed by atoms with Crippen LogP contribution in [0.4, 0.5) is 0 Å². The number of unbranched alkanes of at least 4 members (excludes halogenated alkanes) is 4. The Bertz CT molecular complexity index is 598. The third-order valence-corrected chi connectivity index (χ3v) is 6.63. The second-order valence-corrected chi connectivity index (χ2v) is 9.14. The van der Waals surface area contributed by atoms with Crippen molar-refractivity contribution in [1.82, 2.24) is 0 Å². The summed E-state index contributed by atoms with van der Waals surface area (Å²) in [7, 11) is 1.94. The molecule has 1 rings (SSSR count). The number of aryl methyl sites for hydroxylation is 1. The van der Waals surface area contributed by atoms with Gasteiger partial charge in [0.1, 0.15) is 0 Å². The van der Waals surface area contributed by atoms with E-state index in [0.717, 1.165) is 44.1 Å². The maximum atomic E-state index is 11.7. The molecular formula is C19H32O5S. The standard InChI is InChI=1S/C19H32O5S/c1-15(2)25(20,21)12-10-8-6-7-9-11-16-13-17(22-3)19(24-5)18(14-16)23-4/h13-15H,6-12H2,1-5H3. The quantitative estimate of drug-likeness (QED) is 0.518. The second-order valence-electron chi connectivity index (χ2n) is 6.47. The lowest BCUT2D eigenvalue weighted by molar-refractivity contribution is 0.323. The summed E-state index contributed by atoms with van der Waals surface area (Å²) in [4.78, 5) is 0. The Balaban J connectivity index is 2.39. The number of benzene rings is 1. The van der Waals surface area contributed by atoms with Crippen molar-refractivity contribution >= 4 is 9.84 Å². The van der Waals surface area contributed by atoms with Gasteiger partial charge in [-0.1, -0.05) is 19.3 Å². The Morgan fingerprint density at radius 1 is 0.840 bits per heavy atom. The molecule has 5 nitrogen and oxygen atoms in total. The van der Waals surface area contributed by atoms with Crippen LogP contribution in [0.2, 0.25) is 0 Å². The molecule has 0 aliphatic carbocycles. The van der Waals surface area contributed by atoms with Gasteiger partial charge < -0.3 is 14.2 Å². The molecule has 1 aromatic rings. The number of rotatable bonds is 12. The molecule has 0 saturated heterocycles. The van der Waals surface area contributed by atoms with E-state index < -0.39 is 9.84 Å². The van der Waals surface area contributed by atoms with Crippen LogP contribution in [0.25, 0.3) is 0 Å². The summed E-state index contributed by atoms with van der Waals surface area (Å²) >= 11 is 0. The Morgan fingerprint density at radius 2 is 1.36 bits per heavy atom. The molecule has 0 radical (unpaired) electrons. The van der Waals surface area contributed by atoms with Gasteiger partial charge in [0.2, 0.25) is 5.75 Å². The van der Waals surface area contributed by atoms with Crippen molar-refractivity contribution in [3.8, 4) is 17.2 Å². The van der Waals surface area contributed by atoms with Gasteiger partial charge in [-0.15, -0.1) is 0 Å². The molecule has 0 spiro atoms. The molecule has 25 heavy (non-hydrogen) atoms. The van der Waals surface area contributed by atoms with E-state index in [-0.39, 0.29) is 5.25 Å². The van der Waals surface area contributed by atoms with Crippen LogP contribution >= 0.6 is 0 Å². The average molecular weight is 373 g/mol. The van der Waals surface area contributed by atoms with Gasteiger partial charge in [0, 0.05) is 0 Å². The first-order valence-electron chi connectivity index (χ1n) is 8.86. The highest BCUT2D eigenvalue weighted by atomic mass is 32.2. The molecule has 0 N–H and O–H groups in total. The summed E-state index contributed by atoms with van der Waals surface area (Å²) in [6.07, 6.45) is 5.83. The number of sulfone groups is 1. The highest BCUT2D eigenvalue weighted by Crippen LogP contribution is 2.38. The Morgan fingerprint density at radius 3 is 1.84 bits per heavy atom. The zero-order chi connectivity index (χ0) is 18.9. The van der Waals surface area contributed by atoms with Gasteiger partial charge in [-0.25, -0.2) is 8.42 Å². The van der Waals surface area contributed by atoms with Crippen LogP contribution in [0, 0.1) is 0 Å². The first kappa shape index (κ1) is 21.6. The maximum absolute atomic E-state index is 11.7. The van der Waals surface area contributed by atoms with Crippen molar-refractivity contribution in [2.24, 2.45) is 0 Å². The molecule has 0 heterocycles. The van der Waals surface area contributed by atoms with Crippen LogP contribution in [0.5, 0.6) is 17.2 Å².